The molecule has 0 bridgehead atoms. The predicted molar refractivity (Wildman–Crippen MR) is 114 cm³/mol. The van der Waals surface area contributed by atoms with Crippen LogP contribution in [0.5, 0.6) is 17.2 Å². The summed E-state index contributed by atoms with van der Waals surface area (Å²) in [6.45, 7) is 0. The number of ether oxygens (including phenoxy) is 3. The van der Waals surface area contributed by atoms with Crippen molar-refractivity contribution < 1.29 is 14.2 Å². The topological polar surface area (TPSA) is 88.6 Å². The van der Waals surface area contributed by atoms with Gasteiger partial charge in [0.05, 0.1) is 38.6 Å². The summed E-state index contributed by atoms with van der Waals surface area (Å²) in [6.07, 6.45) is 3.97. The molecule has 3 aromatic heterocycles. The molecule has 0 saturated heterocycles. The molecule has 2 aromatic carbocycles. The van der Waals surface area contributed by atoms with Crippen LogP contribution in [0.2, 0.25) is 0 Å². The summed E-state index contributed by atoms with van der Waals surface area (Å²) in [5, 5.41) is 9.91. The maximum atomic E-state index is 5.39. The second-order valence-electron chi connectivity index (χ2n) is 6.90. The van der Waals surface area contributed by atoms with E-state index in [1.807, 2.05) is 42.5 Å². The van der Waals surface area contributed by atoms with Gasteiger partial charge in [-0.3, -0.25) is 0 Å². The molecule has 0 aliphatic heterocycles. The van der Waals surface area contributed by atoms with Crippen molar-refractivity contribution in [2.45, 2.75) is 6.42 Å². The van der Waals surface area contributed by atoms with Crippen LogP contribution in [0.25, 0.3) is 22.4 Å². The smallest absolute Gasteiger partial charge is 0.170 e. The van der Waals surface area contributed by atoms with E-state index in [2.05, 4.69) is 15.2 Å². The zero-order chi connectivity index (χ0) is 21.4. The summed E-state index contributed by atoms with van der Waals surface area (Å²) >= 11 is 0. The standard InChI is InChI=1S/C22H20N6O3/c1-29-16-7-5-15(6-8-16)28-21-17(12-24-28)22-25-20(26-27(22)13-23-21)11-14-4-9-18(30-2)19(10-14)31-3/h4-10,12-13H,11H2,1-3H3. The average Bonchev–Trinajstić information content (AvgIpc) is 3.42. The van der Waals surface area contributed by atoms with Crippen LogP contribution in [-0.2, 0) is 6.42 Å². The maximum absolute atomic E-state index is 5.39. The molecular formula is C22H20N6O3. The zero-order valence-corrected chi connectivity index (χ0v) is 17.3. The van der Waals surface area contributed by atoms with Crippen molar-refractivity contribution in [3.05, 3.63) is 66.4 Å². The highest BCUT2D eigenvalue weighted by Gasteiger charge is 2.14. The van der Waals surface area contributed by atoms with Crippen molar-refractivity contribution in [1.82, 2.24) is 29.4 Å². The summed E-state index contributed by atoms with van der Waals surface area (Å²) in [4.78, 5) is 9.29. The molecule has 0 amide bonds. The minimum Gasteiger partial charge on any atom is -0.497 e. The third-order valence-corrected chi connectivity index (χ3v) is 5.08. The Kier molecular flexibility index (Phi) is 4.62. The monoisotopic (exact) mass is 416 g/mol. The van der Waals surface area contributed by atoms with E-state index in [1.54, 1.807) is 43.1 Å². The van der Waals surface area contributed by atoms with Crippen molar-refractivity contribution in [3.8, 4) is 22.9 Å². The number of benzene rings is 2. The summed E-state index contributed by atoms with van der Waals surface area (Å²) in [5.41, 5.74) is 3.33. The van der Waals surface area contributed by atoms with Gasteiger partial charge in [0, 0.05) is 6.42 Å². The van der Waals surface area contributed by atoms with E-state index in [1.165, 1.54) is 0 Å². The van der Waals surface area contributed by atoms with Gasteiger partial charge < -0.3 is 14.2 Å². The quantitative estimate of drug-likeness (QED) is 0.420. The number of hydrogen-bond donors (Lipinski definition) is 0. The third kappa shape index (κ3) is 3.29. The molecule has 9 nitrogen and oxygen atoms in total. The summed E-state index contributed by atoms with van der Waals surface area (Å²) < 4.78 is 19.4. The van der Waals surface area contributed by atoms with Crippen LogP contribution >= 0.6 is 0 Å². The maximum Gasteiger partial charge on any atom is 0.170 e. The van der Waals surface area contributed by atoms with Crippen LogP contribution in [0.15, 0.2) is 55.0 Å². The Morgan fingerprint density at radius 3 is 2.42 bits per heavy atom. The Balaban J connectivity index is 1.51. The first-order valence-corrected chi connectivity index (χ1v) is 9.63. The Labute approximate surface area is 177 Å². The summed E-state index contributed by atoms with van der Waals surface area (Å²) in [6, 6.07) is 13.4. The SMILES string of the molecule is COc1ccc(-n2ncc3c2ncn2nc(Cc4ccc(OC)c(OC)c4)nc32)cc1. The van der Waals surface area contributed by atoms with Crippen molar-refractivity contribution >= 4 is 16.7 Å². The third-order valence-electron chi connectivity index (χ3n) is 5.08. The van der Waals surface area contributed by atoms with Crippen LogP contribution in [0, 0.1) is 0 Å². The normalized spacial score (nSPS) is 11.2. The van der Waals surface area contributed by atoms with Gasteiger partial charge in [-0.2, -0.15) is 5.10 Å². The van der Waals surface area contributed by atoms with Crippen LogP contribution in [-0.4, -0.2) is 50.7 Å². The number of fused-ring (bicyclic) bond motifs is 3. The predicted octanol–water partition coefficient (Wildman–Crippen LogP) is 3.08. The molecule has 0 aliphatic rings. The van der Waals surface area contributed by atoms with Gasteiger partial charge in [0.15, 0.2) is 28.6 Å². The molecule has 0 radical (unpaired) electrons. The van der Waals surface area contributed by atoms with E-state index in [0.717, 1.165) is 22.4 Å². The van der Waals surface area contributed by atoms with E-state index >= 15 is 0 Å². The van der Waals surface area contributed by atoms with Crippen LogP contribution in [0.3, 0.4) is 0 Å². The Morgan fingerprint density at radius 1 is 0.871 bits per heavy atom. The van der Waals surface area contributed by atoms with Gasteiger partial charge in [0.25, 0.3) is 0 Å². The molecular weight excluding hydrogens is 396 g/mol. The van der Waals surface area contributed by atoms with Gasteiger partial charge in [0.2, 0.25) is 0 Å². The second kappa shape index (κ2) is 7.60. The van der Waals surface area contributed by atoms with Crippen molar-refractivity contribution in [2.24, 2.45) is 0 Å². The van der Waals surface area contributed by atoms with Gasteiger partial charge >= 0.3 is 0 Å². The number of methoxy groups -OCH3 is 3. The van der Waals surface area contributed by atoms with Gasteiger partial charge in [-0.15, -0.1) is 5.10 Å². The number of hydrogen-bond acceptors (Lipinski definition) is 7. The molecule has 0 unspecified atom stereocenters. The van der Waals surface area contributed by atoms with Crippen LogP contribution in [0.4, 0.5) is 0 Å². The largest absolute Gasteiger partial charge is 0.497 e. The van der Waals surface area contributed by atoms with E-state index < -0.39 is 0 Å². The molecule has 0 aliphatic carbocycles. The van der Waals surface area contributed by atoms with E-state index in [-0.39, 0.29) is 0 Å². The first kappa shape index (κ1) is 18.9. The lowest BCUT2D eigenvalue weighted by atomic mass is 10.1. The number of aromatic nitrogens is 6. The highest BCUT2D eigenvalue weighted by molar-refractivity contribution is 5.89. The van der Waals surface area contributed by atoms with E-state index in [9.17, 15) is 0 Å². The van der Waals surface area contributed by atoms with E-state index in [4.69, 9.17) is 19.2 Å². The Morgan fingerprint density at radius 2 is 1.68 bits per heavy atom. The first-order valence-electron chi connectivity index (χ1n) is 9.63. The van der Waals surface area contributed by atoms with Crippen LogP contribution < -0.4 is 14.2 Å². The fraction of sp³-hybridized carbons (Fsp3) is 0.182. The lowest BCUT2D eigenvalue weighted by molar-refractivity contribution is 0.354. The van der Waals surface area contributed by atoms with Crippen molar-refractivity contribution in [1.29, 1.82) is 0 Å². The molecule has 31 heavy (non-hydrogen) atoms. The molecule has 156 valence electrons. The molecule has 0 N–H and O–H groups in total. The van der Waals surface area contributed by atoms with Gasteiger partial charge in [-0.05, 0) is 42.0 Å². The summed E-state index contributed by atoms with van der Waals surface area (Å²) in [5.74, 6) is 2.83. The Hall–Kier alpha value is -4.14. The average molecular weight is 416 g/mol. The van der Waals surface area contributed by atoms with Crippen molar-refractivity contribution in [3.63, 3.8) is 0 Å². The molecule has 5 rings (SSSR count). The number of rotatable bonds is 6. The molecule has 0 saturated carbocycles. The highest BCUT2D eigenvalue weighted by Crippen LogP contribution is 2.28. The number of nitrogens with zero attached hydrogens (tertiary/aromatic N) is 6. The highest BCUT2D eigenvalue weighted by atomic mass is 16.5. The van der Waals surface area contributed by atoms with Gasteiger partial charge in [0.1, 0.15) is 12.1 Å². The molecule has 3 heterocycles. The molecule has 0 fully saturated rings. The minimum atomic E-state index is 0.552. The fourth-order valence-electron chi connectivity index (χ4n) is 3.53. The molecule has 5 aromatic rings. The minimum absolute atomic E-state index is 0.552. The Bertz CT molecular complexity index is 1370. The second-order valence-corrected chi connectivity index (χ2v) is 6.90. The molecule has 9 heteroatoms. The fourth-order valence-corrected chi connectivity index (χ4v) is 3.53. The van der Waals surface area contributed by atoms with Gasteiger partial charge in [-0.1, -0.05) is 6.07 Å². The lowest BCUT2D eigenvalue weighted by Crippen LogP contribution is -1.99. The van der Waals surface area contributed by atoms with Crippen LogP contribution in [0.1, 0.15) is 11.4 Å². The van der Waals surface area contributed by atoms with Crippen molar-refractivity contribution in [2.75, 3.05) is 21.3 Å². The van der Waals surface area contributed by atoms with Gasteiger partial charge in [-0.25, -0.2) is 19.2 Å². The molecule has 0 spiro atoms. The summed E-state index contributed by atoms with van der Waals surface area (Å²) in [7, 11) is 4.88. The lowest BCUT2D eigenvalue weighted by Gasteiger charge is -2.08. The first-order chi connectivity index (χ1) is 15.2. The zero-order valence-electron chi connectivity index (χ0n) is 17.3. The van der Waals surface area contributed by atoms with E-state index in [0.29, 0.717) is 35.0 Å². The molecule has 0 atom stereocenters.